The normalized spacial score (nSPS) is 16.6. The minimum absolute atomic E-state index is 1.23. The molecule has 1 heterocycles. The SMILES string of the molecule is CC1=C(C)N(c2ccccc2C)[C]S1. The number of hydrogen-bond donors (Lipinski definition) is 0. The average molecular weight is 203 g/mol. The van der Waals surface area contributed by atoms with Gasteiger partial charge in [0.15, 0.2) is 5.88 Å². The van der Waals surface area contributed by atoms with Crippen molar-refractivity contribution in [3.8, 4) is 0 Å². The van der Waals surface area contributed by atoms with Crippen LogP contribution in [0.15, 0.2) is 34.9 Å². The first-order valence-corrected chi connectivity index (χ1v) is 5.47. The largest absolute Gasteiger partial charge is 0.323 e. The van der Waals surface area contributed by atoms with Gasteiger partial charge in [-0.25, -0.2) is 0 Å². The van der Waals surface area contributed by atoms with Crippen molar-refractivity contribution in [2.75, 3.05) is 4.90 Å². The van der Waals surface area contributed by atoms with Gasteiger partial charge in [0.05, 0.1) is 0 Å². The molecule has 0 spiro atoms. The molecule has 0 atom stereocenters. The summed E-state index contributed by atoms with van der Waals surface area (Å²) < 4.78 is 0. The van der Waals surface area contributed by atoms with Crippen LogP contribution in [0.2, 0.25) is 0 Å². The lowest BCUT2D eigenvalue weighted by Gasteiger charge is -2.20. The number of nitrogens with zero attached hydrogens (tertiary/aromatic N) is 1. The lowest BCUT2D eigenvalue weighted by atomic mass is 10.2. The van der Waals surface area contributed by atoms with Crippen LogP contribution in [0.4, 0.5) is 5.69 Å². The van der Waals surface area contributed by atoms with Crippen molar-refractivity contribution in [2.24, 2.45) is 0 Å². The van der Waals surface area contributed by atoms with Gasteiger partial charge in [-0.1, -0.05) is 30.0 Å². The second-order valence-electron chi connectivity index (χ2n) is 3.46. The van der Waals surface area contributed by atoms with Gasteiger partial charge in [0, 0.05) is 16.3 Å². The van der Waals surface area contributed by atoms with Crippen molar-refractivity contribution in [3.05, 3.63) is 46.3 Å². The van der Waals surface area contributed by atoms with Gasteiger partial charge in [-0.15, -0.1) is 0 Å². The molecule has 0 saturated heterocycles. The van der Waals surface area contributed by atoms with Crippen molar-refractivity contribution < 1.29 is 0 Å². The van der Waals surface area contributed by atoms with Crippen LogP contribution in [-0.2, 0) is 0 Å². The highest BCUT2D eigenvalue weighted by Crippen LogP contribution is 2.39. The summed E-state index contributed by atoms with van der Waals surface area (Å²) >= 11 is 1.67. The summed E-state index contributed by atoms with van der Waals surface area (Å²) in [5, 5.41) is 0. The van der Waals surface area contributed by atoms with Gasteiger partial charge in [0.1, 0.15) is 0 Å². The minimum Gasteiger partial charge on any atom is -0.323 e. The highest BCUT2D eigenvalue weighted by atomic mass is 32.2. The maximum absolute atomic E-state index is 3.29. The van der Waals surface area contributed by atoms with E-state index in [-0.39, 0.29) is 0 Å². The summed E-state index contributed by atoms with van der Waals surface area (Å²) in [7, 11) is 0. The Hall–Kier alpha value is -0.890. The van der Waals surface area contributed by atoms with E-state index in [1.807, 2.05) is 0 Å². The highest BCUT2D eigenvalue weighted by molar-refractivity contribution is 8.05. The first-order chi connectivity index (χ1) is 6.70. The fourth-order valence-electron chi connectivity index (χ4n) is 1.46. The van der Waals surface area contributed by atoms with Gasteiger partial charge < -0.3 is 4.90 Å². The van der Waals surface area contributed by atoms with Crippen LogP contribution in [0.1, 0.15) is 19.4 Å². The summed E-state index contributed by atoms with van der Waals surface area (Å²) in [5.41, 5.74) is 3.80. The highest BCUT2D eigenvalue weighted by Gasteiger charge is 2.20. The number of para-hydroxylation sites is 1. The number of benzene rings is 1. The molecule has 0 unspecified atom stereocenters. The van der Waals surface area contributed by atoms with Gasteiger partial charge in [0.2, 0.25) is 0 Å². The smallest absolute Gasteiger partial charge is 0.168 e. The van der Waals surface area contributed by atoms with E-state index in [1.54, 1.807) is 11.8 Å². The Morgan fingerprint density at radius 1 is 1.14 bits per heavy atom. The second kappa shape index (κ2) is 3.70. The van der Waals surface area contributed by atoms with E-state index in [2.05, 4.69) is 55.8 Å². The predicted octanol–water partition coefficient (Wildman–Crippen LogP) is 3.80. The first-order valence-electron chi connectivity index (χ1n) is 4.66. The summed E-state index contributed by atoms with van der Waals surface area (Å²) in [5.74, 6) is 3.29. The van der Waals surface area contributed by atoms with E-state index >= 15 is 0 Å². The molecule has 2 rings (SSSR count). The molecule has 2 radical (unpaired) electrons. The molecule has 14 heavy (non-hydrogen) atoms. The van der Waals surface area contributed by atoms with Crippen molar-refractivity contribution in [3.63, 3.8) is 0 Å². The summed E-state index contributed by atoms with van der Waals surface area (Å²) in [6.07, 6.45) is 0. The molecule has 0 fully saturated rings. The third-order valence-corrected chi connectivity index (χ3v) is 3.37. The fourth-order valence-corrected chi connectivity index (χ4v) is 2.16. The van der Waals surface area contributed by atoms with Crippen LogP contribution in [0.5, 0.6) is 0 Å². The monoisotopic (exact) mass is 203 g/mol. The maximum Gasteiger partial charge on any atom is 0.168 e. The molecule has 0 amide bonds. The molecule has 0 aliphatic carbocycles. The van der Waals surface area contributed by atoms with E-state index in [0.717, 1.165) is 0 Å². The fraction of sp³-hybridized carbons (Fsp3) is 0.250. The molecule has 0 aromatic heterocycles. The zero-order valence-corrected chi connectivity index (χ0v) is 9.48. The van der Waals surface area contributed by atoms with Crippen LogP contribution in [0.3, 0.4) is 0 Å². The number of thioether (sulfide) groups is 1. The number of aryl methyl sites for hydroxylation is 1. The maximum atomic E-state index is 3.29. The molecule has 1 aliphatic rings. The lowest BCUT2D eigenvalue weighted by molar-refractivity contribution is 1.12. The number of hydrogen-bond acceptors (Lipinski definition) is 2. The quantitative estimate of drug-likeness (QED) is 0.683. The number of anilines is 1. The minimum atomic E-state index is 1.23. The average Bonchev–Trinajstić information content (AvgIpc) is 2.49. The van der Waals surface area contributed by atoms with Crippen molar-refractivity contribution in [1.29, 1.82) is 0 Å². The van der Waals surface area contributed by atoms with Crippen LogP contribution >= 0.6 is 11.8 Å². The van der Waals surface area contributed by atoms with Crippen molar-refractivity contribution in [1.82, 2.24) is 0 Å². The Labute approximate surface area is 89.8 Å². The van der Waals surface area contributed by atoms with Crippen LogP contribution < -0.4 is 4.90 Å². The van der Waals surface area contributed by atoms with E-state index in [9.17, 15) is 0 Å². The van der Waals surface area contributed by atoms with E-state index in [1.165, 1.54) is 21.9 Å². The molecular formula is C12H13NS. The standard InChI is InChI=1S/C12H13NS/c1-9-6-4-5-7-12(9)13-8-14-11(3)10(13)2/h4-7H,1-3H3. The Bertz CT molecular complexity index is 382. The molecule has 1 aromatic carbocycles. The van der Waals surface area contributed by atoms with Gasteiger partial charge >= 0.3 is 0 Å². The molecule has 1 nitrogen and oxygen atoms in total. The number of allylic oxidation sites excluding steroid dienone is 2. The zero-order valence-electron chi connectivity index (χ0n) is 8.66. The van der Waals surface area contributed by atoms with E-state index < -0.39 is 0 Å². The summed E-state index contributed by atoms with van der Waals surface area (Å²) in [4.78, 5) is 3.46. The molecule has 0 saturated carbocycles. The van der Waals surface area contributed by atoms with Gasteiger partial charge in [-0.05, 0) is 32.4 Å². The van der Waals surface area contributed by atoms with Gasteiger partial charge in [-0.2, -0.15) is 0 Å². The molecule has 72 valence electrons. The third-order valence-electron chi connectivity index (χ3n) is 2.49. The summed E-state index contributed by atoms with van der Waals surface area (Å²) in [6, 6.07) is 8.39. The molecule has 1 aliphatic heterocycles. The van der Waals surface area contributed by atoms with Crippen LogP contribution in [0, 0.1) is 12.8 Å². The summed E-state index contributed by atoms with van der Waals surface area (Å²) in [6.45, 7) is 6.39. The predicted molar refractivity (Wildman–Crippen MR) is 62.9 cm³/mol. The molecular weight excluding hydrogens is 190 g/mol. The van der Waals surface area contributed by atoms with E-state index in [4.69, 9.17) is 0 Å². The Kier molecular flexibility index (Phi) is 2.55. The van der Waals surface area contributed by atoms with Gasteiger partial charge in [-0.3, -0.25) is 0 Å². The Balaban J connectivity index is 2.38. The first kappa shape index (κ1) is 9.66. The van der Waals surface area contributed by atoms with Crippen molar-refractivity contribution in [2.45, 2.75) is 20.8 Å². The molecule has 0 N–H and O–H groups in total. The van der Waals surface area contributed by atoms with Crippen molar-refractivity contribution >= 4 is 17.4 Å². The Morgan fingerprint density at radius 2 is 1.86 bits per heavy atom. The lowest BCUT2D eigenvalue weighted by Crippen LogP contribution is -2.13. The van der Waals surface area contributed by atoms with Gasteiger partial charge in [0.25, 0.3) is 0 Å². The molecule has 2 heteroatoms. The Morgan fingerprint density at radius 3 is 2.43 bits per heavy atom. The zero-order chi connectivity index (χ0) is 10.1. The van der Waals surface area contributed by atoms with Crippen LogP contribution in [-0.4, -0.2) is 0 Å². The number of rotatable bonds is 1. The van der Waals surface area contributed by atoms with E-state index in [0.29, 0.717) is 0 Å². The van der Waals surface area contributed by atoms with Crippen LogP contribution in [0.25, 0.3) is 0 Å². The third kappa shape index (κ3) is 1.55. The molecule has 1 aromatic rings. The second-order valence-corrected chi connectivity index (χ2v) is 4.46. The topological polar surface area (TPSA) is 3.24 Å². The molecule has 0 bridgehead atoms.